The fourth-order valence-corrected chi connectivity index (χ4v) is 2.13. The summed E-state index contributed by atoms with van der Waals surface area (Å²) in [5.74, 6) is 0. The van der Waals surface area contributed by atoms with Crippen molar-refractivity contribution in [1.29, 1.82) is 0 Å². The highest BCUT2D eigenvalue weighted by Crippen LogP contribution is 2.17. The lowest BCUT2D eigenvalue weighted by atomic mass is 10.3. The monoisotopic (exact) mass is 214 g/mol. The fourth-order valence-electron chi connectivity index (χ4n) is 0.318. The van der Waals surface area contributed by atoms with Crippen molar-refractivity contribution >= 4 is 21.3 Å². The van der Waals surface area contributed by atoms with E-state index in [-0.39, 0.29) is 0 Å². The fraction of sp³-hybridized carbons (Fsp3) is 1.00. The van der Waals surface area contributed by atoms with Crippen LogP contribution >= 0.6 is 0 Å². The summed E-state index contributed by atoms with van der Waals surface area (Å²) in [6.45, 7) is 3.91. The number of hydrogen-bond acceptors (Lipinski definition) is 3. The van der Waals surface area contributed by atoms with Crippen molar-refractivity contribution in [3.8, 4) is 0 Å². The molecule has 0 spiro atoms. The molecule has 8 heteroatoms. The maximum absolute atomic E-state index is 11.1. The molecule has 0 radical (unpaired) electrons. The van der Waals surface area contributed by atoms with Crippen LogP contribution in [0, 0.1) is 0 Å². The van der Waals surface area contributed by atoms with Crippen LogP contribution in [0.4, 0.5) is 0 Å². The molecule has 12 heavy (non-hydrogen) atoms. The average molecular weight is 214 g/mol. The van der Waals surface area contributed by atoms with Crippen molar-refractivity contribution in [2.75, 3.05) is 0 Å². The topological polar surface area (TPSA) is 96.8 Å². The summed E-state index contributed by atoms with van der Waals surface area (Å²) in [6, 6.07) is 0. The Morgan fingerprint density at radius 1 is 1.42 bits per heavy atom. The minimum atomic E-state index is -4.14. The maximum atomic E-state index is 11.1. The third-order valence-corrected chi connectivity index (χ3v) is 4.31. The van der Waals surface area contributed by atoms with Crippen LogP contribution in [0.3, 0.4) is 0 Å². The van der Waals surface area contributed by atoms with Crippen molar-refractivity contribution in [2.24, 2.45) is 0 Å². The van der Waals surface area contributed by atoms with Crippen molar-refractivity contribution < 1.29 is 20.7 Å². The minimum Gasteiger partial charge on any atom is -0.467 e. The van der Waals surface area contributed by atoms with Gasteiger partial charge in [-0.25, -0.2) is 0 Å². The Morgan fingerprint density at radius 3 is 1.83 bits per heavy atom. The van der Waals surface area contributed by atoms with E-state index in [1.54, 1.807) is 0 Å². The van der Waals surface area contributed by atoms with Gasteiger partial charge in [-0.05, 0) is 20.8 Å². The van der Waals surface area contributed by atoms with E-state index in [0.29, 0.717) is 0 Å². The first-order valence-electron chi connectivity index (χ1n) is 2.95. The lowest BCUT2D eigenvalue weighted by molar-refractivity contribution is -0.209. The van der Waals surface area contributed by atoms with E-state index in [1.165, 1.54) is 20.8 Å². The summed E-state index contributed by atoms with van der Waals surface area (Å²) in [7, 11) is -4.14. The van der Waals surface area contributed by atoms with Gasteiger partial charge >= 0.3 is 21.3 Å². The highest BCUT2D eigenvalue weighted by Gasteiger charge is 2.39. The van der Waals surface area contributed by atoms with Crippen LogP contribution in [-0.4, -0.2) is 25.4 Å². The van der Waals surface area contributed by atoms with E-state index in [9.17, 15) is 12.6 Å². The summed E-state index contributed by atoms with van der Waals surface area (Å²) in [6.07, 6.45) is 0. The molecular weight excluding hydrogens is 204 g/mol. The second-order valence-electron chi connectivity index (χ2n) is 3.06. The van der Waals surface area contributed by atoms with Crippen LogP contribution in [-0.2, 0) is 21.3 Å². The van der Waals surface area contributed by atoms with Gasteiger partial charge in [-0.2, -0.15) is 12.6 Å². The van der Waals surface area contributed by atoms with Crippen LogP contribution < -0.4 is 0 Å². The Morgan fingerprint density at radius 2 is 1.75 bits per heavy atom. The Labute approximate surface area is 73.6 Å². The normalized spacial score (nSPS) is 15.7. The molecule has 1 N–H and O–H groups in total. The van der Waals surface area contributed by atoms with Gasteiger partial charge in [0.1, 0.15) is 4.75 Å². The number of hydrogen-bond donors (Lipinski definition) is 1. The molecule has 1 atom stereocenters. The molecule has 0 fully saturated rings. The van der Waals surface area contributed by atoms with Crippen LogP contribution in [0.2, 0.25) is 0 Å². The van der Waals surface area contributed by atoms with Crippen LogP contribution in [0.25, 0.3) is 5.53 Å². The number of rotatable bonds is 2. The maximum Gasteiger partial charge on any atom is 0.444 e. The van der Waals surface area contributed by atoms with Crippen LogP contribution in [0.5, 0.6) is 0 Å². The standard InChI is InChI=1S/C4H10N2O4S2/c1-4(2,3)12(9,10)6(5)11(7)8/h1-3H3,(H,7,8). The third kappa shape index (κ3) is 2.08. The predicted molar refractivity (Wildman–Crippen MR) is 43.1 cm³/mol. The zero-order chi connectivity index (χ0) is 10.2. The molecule has 0 saturated heterocycles. The van der Waals surface area contributed by atoms with Gasteiger partial charge in [0.25, 0.3) is 0 Å². The summed E-state index contributed by atoms with van der Waals surface area (Å²) >= 11 is -2.93. The summed E-state index contributed by atoms with van der Waals surface area (Å²) in [5, 5.41) is 0. The first kappa shape index (κ1) is 11.7. The van der Waals surface area contributed by atoms with Gasteiger partial charge in [0.2, 0.25) is 0 Å². The molecule has 0 heterocycles. The van der Waals surface area contributed by atoms with Crippen LogP contribution in [0.1, 0.15) is 20.8 Å². The predicted octanol–water partition coefficient (Wildman–Crippen LogP) is 0.286. The van der Waals surface area contributed by atoms with E-state index < -0.39 is 29.5 Å². The molecule has 0 aromatic heterocycles. The van der Waals surface area contributed by atoms with Gasteiger partial charge in [-0.3, -0.25) is 4.55 Å². The zero-order valence-electron chi connectivity index (χ0n) is 6.88. The molecule has 0 bridgehead atoms. The summed E-state index contributed by atoms with van der Waals surface area (Å²) in [4.78, 5) is 0. The van der Waals surface area contributed by atoms with Gasteiger partial charge in [-0.1, -0.05) is 3.51 Å². The molecule has 72 valence electrons. The Hall–Kier alpha value is -0.340. The quantitative estimate of drug-likeness (QED) is 0.405. The van der Waals surface area contributed by atoms with Crippen molar-refractivity contribution in [3.05, 3.63) is 5.53 Å². The SMILES string of the molecule is CC(C)(C)S(=O)(=O)[N+](=[N-])S(=O)O. The van der Waals surface area contributed by atoms with E-state index >= 15 is 0 Å². The summed E-state index contributed by atoms with van der Waals surface area (Å²) in [5.41, 5.74) is 8.69. The lowest BCUT2D eigenvalue weighted by Crippen LogP contribution is -2.36. The van der Waals surface area contributed by atoms with Crippen molar-refractivity contribution in [1.82, 2.24) is 0 Å². The molecule has 0 aliphatic carbocycles. The molecule has 0 rings (SSSR count). The second-order valence-corrected chi connectivity index (χ2v) is 6.62. The number of nitrogens with zero attached hydrogens (tertiary/aromatic N) is 2. The number of sulfonamides is 1. The molecule has 0 saturated carbocycles. The lowest BCUT2D eigenvalue weighted by Gasteiger charge is -2.14. The average Bonchev–Trinajstić information content (AvgIpc) is 1.83. The van der Waals surface area contributed by atoms with Gasteiger partial charge in [0, 0.05) is 0 Å². The molecular formula is C4H10N2O4S2. The first-order valence-corrected chi connectivity index (χ1v) is 5.46. The molecule has 0 aliphatic heterocycles. The van der Waals surface area contributed by atoms with Crippen molar-refractivity contribution in [2.45, 2.75) is 25.5 Å². The van der Waals surface area contributed by atoms with Crippen LogP contribution in [0.15, 0.2) is 0 Å². The molecule has 6 nitrogen and oxygen atoms in total. The van der Waals surface area contributed by atoms with E-state index in [2.05, 4.69) is 0 Å². The second kappa shape index (κ2) is 3.19. The largest absolute Gasteiger partial charge is 0.467 e. The third-order valence-electron chi connectivity index (χ3n) is 1.11. The van der Waals surface area contributed by atoms with Gasteiger partial charge in [-0.15, -0.1) is 0 Å². The minimum absolute atomic E-state index is 0.562. The smallest absolute Gasteiger partial charge is 0.444 e. The Balaban J connectivity index is 5.18. The molecule has 0 amide bonds. The van der Waals surface area contributed by atoms with Crippen molar-refractivity contribution in [3.63, 3.8) is 0 Å². The van der Waals surface area contributed by atoms with Gasteiger partial charge in [0.15, 0.2) is 0 Å². The van der Waals surface area contributed by atoms with E-state index in [0.717, 1.165) is 0 Å². The molecule has 0 aliphatic rings. The van der Waals surface area contributed by atoms with E-state index in [4.69, 9.17) is 10.1 Å². The first-order chi connectivity index (χ1) is 5.10. The highest BCUT2D eigenvalue weighted by atomic mass is 32.3. The van der Waals surface area contributed by atoms with Gasteiger partial charge < -0.3 is 5.53 Å². The Kier molecular flexibility index (Phi) is 3.10. The zero-order valence-corrected chi connectivity index (χ0v) is 8.52. The van der Waals surface area contributed by atoms with E-state index in [1.807, 2.05) is 0 Å². The summed E-state index contributed by atoms with van der Waals surface area (Å²) < 4.78 is 38.9. The molecule has 1 unspecified atom stereocenters. The molecule has 0 aromatic rings. The van der Waals surface area contributed by atoms with Gasteiger partial charge in [0.05, 0.1) is 0 Å². The Bertz CT molecular complexity index is 312. The highest BCUT2D eigenvalue weighted by molar-refractivity contribution is 7.93. The molecule has 0 aromatic carbocycles.